The molecule has 0 amide bonds. The fraction of sp³-hybridized carbons (Fsp3) is 1.00. The van der Waals surface area contributed by atoms with Crippen molar-refractivity contribution in [3.8, 4) is 0 Å². The van der Waals surface area contributed by atoms with Gasteiger partial charge in [0, 0.05) is 7.11 Å². The van der Waals surface area contributed by atoms with Crippen LogP contribution in [0.4, 0.5) is 0 Å². The first kappa shape index (κ1) is 11.9. The maximum absolute atomic E-state index is 5.37. The van der Waals surface area contributed by atoms with E-state index < -0.39 is 0 Å². The molecule has 0 atom stereocenters. The normalized spacial score (nSPS) is 14.0. The molecule has 0 saturated heterocycles. The summed E-state index contributed by atoms with van der Waals surface area (Å²) in [6.45, 7) is 8.33. The smallest absolute Gasteiger partial charge is 0.116 e. The lowest BCUT2D eigenvalue weighted by Gasteiger charge is -2.45. The lowest BCUT2D eigenvalue weighted by atomic mass is 10.1. The van der Waals surface area contributed by atoms with E-state index in [-0.39, 0.29) is 11.4 Å². The molecule has 12 heavy (non-hydrogen) atoms. The first-order valence-corrected chi connectivity index (χ1v) is 4.26. The number of nitrogens with one attached hydrogen (secondary N) is 1. The van der Waals surface area contributed by atoms with E-state index in [0.29, 0.717) is 0 Å². The zero-order valence-corrected chi connectivity index (χ0v) is 9.36. The summed E-state index contributed by atoms with van der Waals surface area (Å²) >= 11 is 0. The Morgan fingerprint density at radius 2 is 1.58 bits per heavy atom. The van der Waals surface area contributed by atoms with Gasteiger partial charge < -0.3 is 10.1 Å². The van der Waals surface area contributed by atoms with Gasteiger partial charge in [-0.2, -0.15) is 0 Å². The third kappa shape index (κ3) is 2.44. The maximum atomic E-state index is 5.37. The Labute approximate surface area is 76.1 Å². The Hall–Kier alpha value is -0.120. The number of nitrogens with zero attached hydrogens (tertiary/aromatic N) is 1. The fourth-order valence-corrected chi connectivity index (χ4v) is 0.978. The van der Waals surface area contributed by atoms with Gasteiger partial charge in [0.2, 0.25) is 0 Å². The average molecular weight is 174 g/mol. The molecule has 0 radical (unpaired) electrons. The Morgan fingerprint density at radius 1 is 1.17 bits per heavy atom. The SMILES string of the molecule is CNC(C)(C)N(C)C(C)(C)OC. The van der Waals surface area contributed by atoms with Gasteiger partial charge in [-0.05, 0) is 41.8 Å². The molecule has 0 fully saturated rings. The molecule has 74 valence electrons. The lowest BCUT2D eigenvalue weighted by molar-refractivity contribution is -0.141. The standard InChI is InChI=1S/C9H22N2O/c1-8(2,10-5)11(6)9(3,4)12-7/h10H,1-7H3. The van der Waals surface area contributed by atoms with Crippen molar-refractivity contribution in [2.24, 2.45) is 0 Å². The highest BCUT2D eigenvalue weighted by Gasteiger charge is 2.33. The first-order chi connectivity index (χ1) is 5.28. The van der Waals surface area contributed by atoms with Gasteiger partial charge in [0.15, 0.2) is 0 Å². The van der Waals surface area contributed by atoms with E-state index in [0.717, 1.165) is 0 Å². The highest BCUT2D eigenvalue weighted by atomic mass is 16.5. The minimum Gasteiger partial charge on any atom is -0.364 e. The third-order valence-corrected chi connectivity index (χ3v) is 2.76. The molecule has 0 unspecified atom stereocenters. The Morgan fingerprint density at radius 3 is 1.83 bits per heavy atom. The second-order valence-electron chi connectivity index (χ2n) is 4.02. The van der Waals surface area contributed by atoms with Crippen molar-refractivity contribution in [3.05, 3.63) is 0 Å². The van der Waals surface area contributed by atoms with E-state index in [9.17, 15) is 0 Å². The molecule has 3 nitrogen and oxygen atoms in total. The van der Waals surface area contributed by atoms with Gasteiger partial charge in [0.05, 0.1) is 5.66 Å². The monoisotopic (exact) mass is 174 g/mol. The van der Waals surface area contributed by atoms with E-state index in [1.54, 1.807) is 7.11 Å². The Bertz CT molecular complexity index is 127. The van der Waals surface area contributed by atoms with Crippen molar-refractivity contribution in [2.45, 2.75) is 39.1 Å². The number of rotatable bonds is 4. The van der Waals surface area contributed by atoms with Crippen LogP contribution in [-0.2, 0) is 4.74 Å². The zero-order chi connectivity index (χ0) is 9.99. The topological polar surface area (TPSA) is 24.5 Å². The quantitative estimate of drug-likeness (QED) is 0.649. The summed E-state index contributed by atoms with van der Waals surface area (Å²) in [4.78, 5) is 2.15. The van der Waals surface area contributed by atoms with Crippen LogP contribution in [-0.4, -0.2) is 37.5 Å². The Balaban J connectivity index is 4.47. The molecular weight excluding hydrogens is 152 g/mol. The Kier molecular flexibility index (Phi) is 3.69. The maximum Gasteiger partial charge on any atom is 0.116 e. The van der Waals surface area contributed by atoms with Crippen LogP contribution in [0, 0.1) is 0 Å². The summed E-state index contributed by atoms with van der Waals surface area (Å²) in [6, 6.07) is 0. The van der Waals surface area contributed by atoms with Gasteiger partial charge in [0.1, 0.15) is 5.72 Å². The van der Waals surface area contributed by atoms with Crippen LogP contribution in [0.25, 0.3) is 0 Å². The molecule has 0 aromatic heterocycles. The van der Waals surface area contributed by atoms with Crippen molar-refractivity contribution in [1.82, 2.24) is 10.2 Å². The molecule has 0 aromatic rings. The summed E-state index contributed by atoms with van der Waals surface area (Å²) in [6.07, 6.45) is 0. The van der Waals surface area contributed by atoms with Crippen molar-refractivity contribution in [2.75, 3.05) is 21.2 Å². The van der Waals surface area contributed by atoms with Gasteiger partial charge in [-0.25, -0.2) is 0 Å². The van der Waals surface area contributed by atoms with Crippen LogP contribution in [0.5, 0.6) is 0 Å². The van der Waals surface area contributed by atoms with Crippen molar-refractivity contribution in [3.63, 3.8) is 0 Å². The van der Waals surface area contributed by atoms with Crippen LogP contribution in [0.3, 0.4) is 0 Å². The van der Waals surface area contributed by atoms with Crippen molar-refractivity contribution in [1.29, 1.82) is 0 Å². The predicted octanol–water partition coefficient (Wildman–Crippen LogP) is 1.26. The van der Waals surface area contributed by atoms with Gasteiger partial charge in [0.25, 0.3) is 0 Å². The average Bonchev–Trinajstić information content (AvgIpc) is 2.03. The number of ether oxygens (including phenoxy) is 1. The van der Waals surface area contributed by atoms with Crippen LogP contribution < -0.4 is 5.32 Å². The molecular formula is C9H22N2O. The summed E-state index contributed by atoms with van der Waals surface area (Å²) in [7, 11) is 5.71. The molecule has 0 aliphatic rings. The van der Waals surface area contributed by atoms with Gasteiger partial charge >= 0.3 is 0 Å². The van der Waals surface area contributed by atoms with Crippen LogP contribution >= 0.6 is 0 Å². The molecule has 0 aromatic carbocycles. The largest absolute Gasteiger partial charge is 0.364 e. The van der Waals surface area contributed by atoms with Gasteiger partial charge in [-0.15, -0.1) is 0 Å². The van der Waals surface area contributed by atoms with E-state index in [4.69, 9.17) is 4.74 Å². The number of hydrogen-bond acceptors (Lipinski definition) is 3. The van der Waals surface area contributed by atoms with Crippen molar-refractivity contribution >= 4 is 0 Å². The number of hydrogen-bond donors (Lipinski definition) is 1. The first-order valence-electron chi connectivity index (χ1n) is 4.26. The van der Waals surface area contributed by atoms with E-state index >= 15 is 0 Å². The van der Waals surface area contributed by atoms with Gasteiger partial charge in [-0.1, -0.05) is 0 Å². The van der Waals surface area contributed by atoms with Gasteiger partial charge in [-0.3, -0.25) is 4.90 Å². The van der Waals surface area contributed by atoms with Crippen LogP contribution in [0.2, 0.25) is 0 Å². The highest BCUT2D eigenvalue weighted by Crippen LogP contribution is 2.20. The second-order valence-corrected chi connectivity index (χ2v) is 4.02. The predicted molar refractivity (Wildman–Crippen MR) is 52.0 cm³/mol. The third-order valence-electron chi connectivity index (χ3n) is 2.76. The molecule has 0 aliphatic carbocycles. The molecule has 1 N–H and O–H groups in total. The molecule has 0 bridgehead atoms. The zero-order valence-electron chi connectivity index (χ0n) is 9.36. The number of methoxy groups -OCH3 is 1. The summed E-state index contributed by atoms with van der Waals surface area (Å²) in [5, 5.41) is 3.23. The summed E-state index contributed by atoms with van der Waals surface area (Å²) in [5.74, 6) is 0. The lowest BCUT2D eigenvalue weighted by Crippen LogP contribution is -2.60. The van der Waals surface area contributed by atoms with Crippen molar-refractivity contribution < 1.29 is 4.74 Å². The molecule has 3 heteroatoms. The molecule has 0 saturated carbocycles. The summed E-state index contributed by atoms with van der Waals surface area (Å²) < 4.78 is 5.37. The van der Waals surface area contributed by atoms with E-state index in [1.807, 2.05) is 27.9 Å². The van der Waals surface area contributed by atoms with Crippen LogP contribution in [0.1, 0.15) is 27.7 Å². The van der Waals surface area contributed by atoms with E-state index in [1.165, 1.54) is 0 Å². The summed E-state index contributed by atoms with van der Waals surface area (Å²) in [5.41, 5.74) is -0.300. The fourth-order valence-electron chi connectivity index (χ4n) is 0.978. The minimum absolute atomic E-state index is 0.0560. The molecule has 0 spiro atoms. The molecule has 0 heterocycles. The highest BCUT2D eigenvalue weighted by molar-refractivity contribution is 4.81. The molecule has 0 aliphatic heterocycles. The van der Waals surface area contributed by atoms with E-state index in [2.05, 4.69) is 24.1 Å². The van der Waals surface area contributed by atoms with Crippen LogP contribution in [0.15, 0.2) is 0 Å². The second kappa shape index (κ2) is 3.73. The molecule has 0 rings (SSSR count). The minimum atomic E-state index is -0.244.